The molecule has 2 aromatic heterocycles. The first-order chi connectivity index (χ1) is 11.5. The first-order valence-corrected chi connectivity index (χ1v) is 9.53. The maximum atomic E-state index is 12.3. The van der Waals surface area contributed by atoms with E-state index in [0.717, 1.165) is 10.4 Å². The lowest BCUT2D eigenvalue weighted by molar-refractivity contribution is -0.129. The molecule has 1 unspecified atom stereocenters. The van der Waals surface area contributed by atoms with E-state index in [9.17, 15) is 9.59 Å². The van der Waals surface area contributed by atoms with E-state index >= 15 is 0 Å². The third-order valence-electron chi connectivity index (χ3n) is 3.21. The summed E-state index contributed by atoms with van der Waals surface area (Å²) in [7, 11) is 0. The molecule has 2 heterocycles. The van der Waals surface area contributed by atoms with Crippen LogP contribution in [0.4, 0.5) is 0 Å². The number of carbonyl (C=O) groups excluding carboxylic acids is 2. The minimum absolute atomic E-state index is 0.156. The highest BCUT2D eigenvalue weighted by Crippen LogP contribution is 2.09. The van der Waals surface area contributed by atoms with Crippen LogP contribution in [0.3, 0.4) is 0 Å². The van der Waals surface area contributed by atoms with Crippen LogP contribution >= 0.6 is 22.7 Å². The molecule has 24 heavy (non-hydrogen) atoms. The van der Waals surface area contributed by atoms with E-state index in [2.05, 4.69) is 15.8 Å². The van der Waals surface area contributed by atoms with Crippen molar-refractivity contribution in [3.05, 3.63) is 44.8 Å². The lowest BCUT2D eigenvalue weighted by atomic mass is 10.0. The van der Waals surface area contributed by atoms with E-state index in [4.69, 9.17) is 0 Å². The third-order valence-corrected chi connectivity index (χ3v) is 4.75. The Hall–Kier alpha value is -1.99. The highest BCUT2D eigenvalue weighted by molar-refractivity contribution is 7.11. The molecule has 0 saturated carbocycles. The maximum absolute atomic E-state index is 12.3. The summed E-state index contributed by atoms with van der Waals surface area (Å²) >= 11 is 3.09. The molecule has 0 aliphatic rings. The second-order valence-electron chi connectivity index (χ2n) is 5.81. The number of carbonyl (C=O) groups is 2. The van der Waals surface area contributed by atoms with E-state index in [-0.39, 0.29) is 24.2 Å². The van der Waals surface area contributed by atoms with Gasteiger partial charge in [0, 0.05) is 4.88 Å². The molecule has 0 bridgehead atoms. The van der Waals surface area contributed by atoms with Crippen LogP contribution in [0, 0.1) is 5.92 Å². The Morgan fingerprint density at radius 2 is 2.12 bits per heavy atom. The molecule has 0 fully saturated rings. The van der Waals surface area contributed by atoms with E-state index < -0.39 is 6.04 Å². The average molecular weight is 364 g/mol. The molecular weight excluding hydrogens is 342 g/mol. The van der Waals surface area contributed by atoms with Crippen LogP contribution in [0.1, 0.15) is 30.7 Å². The van der Waals surface area contributed by atoms with Crippen molar-refractivity contribution >= 4 is 40.7 Å². The number of hydrazone groups is 1. The zero-order valence-corrected chi connectivity index (χ0v) is 15.3. The largest absolute Gasteiger partial charge is 0.344 e. The Bertz CT molecular complexity index is 664. The fourth-order valence-corrected chi connectivity index (χ4v) is 3.38. The van der Waals surface area contributed by atoms with Crippen LogP contribution in [0.5, 0.6) is 0 Å². The molecule has 5 nitrogen and oxygen atoms in total. The average Bonchev–Trinajstić information content (AvgIpc) is 3.19. The molecule has 2 amide bonds. The zero-order chi connectivity index (χ0) is 17.4. The Morgan fingerprint density at radius 3 is 2.75 bits per heavy atom. The summed E-state index contributed by atoms with van der Waals surface area (Å²) in [5.41, 5.74) is 3.47. The van der Waals surface area contributed by atoms with Gasteiger partial charge in [-0.25, -0.2) is 5.43 Å². The van der Waals surface area contributed by atoms with Crippen molar-refractivity contribution in [2.75, 3.05) is 0 Å². The summed E-state index contributed by atoms with van der Waals surface area (Å²) in [4.78, 5) is 25.4. The highest BCUT2D eigenvalue weighted by Gasteiger charge is 2.21. The first-order valence-electron chi connectivity index (χ1n) is 7.71. The first kappa shape index (κ1) is 18.4. The lowest BCUT2D eigenvalue weighted by Gasteiger charge is -2.18. The Kier molecular flexibility index (Phi) is 7.14. The summed E-state index contributed by atoms with van der Waals surface area (Å²) in [6, 6.07) is 5.15. The van der Waals surface area contributed by atoms with Gasteiger partial charge in [0.05, 0.1) is 12.6 Å². The van der Waals surface area contributed by atoms with Gasteiger partial charge in [-0.2, -0.15) is 16.4 Å². The number of thiophene rings is 2. The number of hydrogen-bond donors (Lipinski definition) is 2. The standard InChI is InChI=1S/C17H21N3O2S2/c1-12(2)8-15(19-16(21)9-13-5-7-23-11-13)17(22)20-18-10-14-4-3-6-24-14/h3-7,10-12,15H,8-9H2,1-2H3,(H,19,21)(H,20,22)/b18-10-. The summed E-state index contributed by atoms with van der Waals surface area (Å²) < 4.78 is 0. The summed E-state index contributed by atoms with van der Waals surface area (Å²) in [6.07, 6.45) is 2.45. The van der Waals surface area contributed by atoms with Crippen molar-refractivity contribution in [3.63, 3.8) is 0 Å². The fourth-order valence-electron chi connectivity index (χ4n) is 2.13. The monoisotopic (exact) mass is 363 g/mol. The van der Waals surface area contributed by atoms with Crippen LogP contribution in [-0.4, -0.2) is 24.1 Å². The molecule has 128 valence electrons. The SMILES string of the molecule is CC(C)CC(NC(=O)Cc1ccsc1)C(=O)N/N=C\c1cccs1. The van der Waals surface area contributed by atoms with Gasteiger partial charge in [0.25, 0.3) is 5.91 Å². The van der Waals surface area contributed by atoms with E-state index in [1.807, 2.05) is 48.2 Å². The molecule has 2 aromatic rings. The third kappa shape index (κ3) is 6.25. The van der Waals surface area contributed by atoms with Gasteiger partial charge in [-0.1, -0.05) is 19.9 Å². The van der Waals surface area contributed by atoms with Crippen LogP contribution in [0.25, 0.3) is 0 Å². The molecule has 7 heteroatoms. The van der Waals surface area contributed by atoms with Gasteiger partial charge in [0.15, 0.2) is 0 Å². The van der Waals surface area contributed by atoms with Gasteiger partial charge < -0.3 is 5.32 Å². The van der Waals surface area contributed by atoms with Crippen molar-refractivity contribution in [2.45, 2.75) is 32.7 Å². The van der Waals surface area contributed by atoms with Crippen molar-refractivity contribution in [3.8, 4) is 0 Å². The molecule has 0 radical (unpaired) electrons. The molecule has 0 spiro atoms. The molecule has 1 atom stereocenters. The molecule has 0 aromatic carbocycles. The van der Waals surface area contributed by atoms with E-state index in [1.165, 1.54) is 11.3 Å². The smallest absolute Gasteiger partial charge is 0.262 e. The van der Waals surface area contributed by atoms with Crippen molar-refractivity contribution in [1.82, 2.24) is 10.7 Å². The molecule has 0 saturated heterocycles. The van der Waals surface area contributed by atoms with Crippen LogP contribution in [0.15, 0.2) is 39.4 Å². The second-order valence-corrected chi connectivity index (χ2v) is 7.57. The van der Waals surface area contributed by atoms with Gasteiger partial charge in [0.2, 0.25) is 5.91 Å². The second kappa shape index (κ2) is 9.34. The fraction of sp³-hybridized carbons (Fsp3) is 0.353. The Labute approximate surface area is 149 Å². The predicted octanol–water partition coefficient (Wildman–Crippen LogP) is 3.03. The molecule has 0 aliphatic carbocycles. The topological polar surface area (TPSA) is 70.6 Å². The minimum atomic E-state index is -0.586. The number of amides is 2. The van der Waals surface area contributed by atoms with Crippen molar-refractivity contribution in [2.24, 2.45) is 11.0 Å². The highest BCUT2D eigenvalue weighted by atomic mass is 32.1. The Morgan fingerprint density at radius 1 is 1.29 bits per heavy atom. The van der Waals surface area contributed by atoms with Gasteiger partial charge in [-0.15, -0.1) is 11.3 Å². The molecule has 0 aliphatic heterocycles. The van der Waals surface area contributed by atoms with Gasteiger partial charge in [0.1, 0.15) is 6.04 Å². The predicted molar refractivity (Wildman–Crippen MR) is 99.5 cm³/mol. The van der Waals surface area contributed by atoms with E-state index in [0.29, 0.717) is 6.42 Å². The minimum Gasteiger partial charge on any atom is -0.344 e. The van der Waals surface area contributed by atoms with Gasteiger partial charge >= 0.3 is 0 Å². The number of hydrogen-bond acceptors (Lipinski definition) is 5. The number of rotatable bonds is 8. The lowest BCUT2D eigenvalue weighted by Crippen LogP contribution is -2.46. The summed E-state index contributed by atoms with van der Waals surface area (Å²) in [5, 5.41) is 12.6. The van der Waals surface area contributed by atoms with Crippen LogP contribution < -0.4 is 10.7 Å². The molecule has 2 N–H and O–H groups in total. The Balaban J connectivity index is 1.90. The van der Waals surface area contributed by atoms with Gasteiger partial charge in [-0.3, -0.25) is 9.59 Å². The van der Waals surface area contributed by atoms with E-state index in [1.54, 1.807) is 17.6 Å². The van der Waals surface area contributed by atoms with Crippen molar-refractivity contribution < 1.29 is 9.59 Å². The quantitative estimate of drug-likeness (QED) is 0.559. The van der Waals surface area contributed by atoms with Crippen molar-refractivity contribution in [1.29, 1.82) is 0 Å². The maximum Gasteiger partial charge on any atom is 0.262 e. The normalized spacial score (nSPS) is 12.5. The number of nitrogens with one attached hydrogen (secondary N) is 2. The summed E-state index contributed by atoms with van der Waals surface area (Å²) in [6.45, 7) is 4.03. The molecule has 2 rings (SSSR count). The summed E-state index contributed by atoms with van der Waals surface area (Å²) in [5.74, 6) is -0.171. The van der Waals surface area contributed by atoms with Crippen LogP contribution in [-0.2, 0) is 16.0 Å². The van der Waals surface area contributed by atoms with Crippen LogP contribution in [0.2, 0.25) is 0 Å². The zero-order valence-electron chi connectivity index (χ0n) is 13.7. The number of nitrogens with zero attached hydrogens (tertiary/aromatic N) is 1. The van der Waals surface area contributed by atoms with Gasteiger partial charge in [-0.05, 0) is 46.2 Å². The molecular formula is C17H21N3O2S2.